The van der Waals surface area contributed by atoms with Gasteiger partial charge in [-0.1, -0.05) is 42.5 Å². The van der Waals surface area contributed by atoms with Gasteiger partial charge >= 0.3 is 12.2 Å². The number of benzene rings is 2. The normalized spacial score (nSPS) is 12.5. The number of carbonyl (C=O) groups is 1. The van der Waals surface area contributed by atoms with Crippen LogP contribution >= 0.6 is 0 Å². The number of nitrogens with zero attached hydrogens (tertiary/aromatic N) is 1. The maximum atomic E-state index is 12.3. The predicted octanol–water partition coefficient (Wildman–Crippen LogP) is 4.16. The fourth-order valence-corrected chi connectivity index (χ4v) is 3.51. The standard InChI is InChI=1S/C18H19F3N2O2S/c1-23(13-18(19,20)21)17(24)22-16-9-5-8-15(10-16)12-26(25)11-14-6-3-2-4-7-14/h2-10H,11-13H2,1H3,(H,22,24)/t26-/m1/s1. The van der Waals surface area contributed by atoms with Crippen LogP contribution in [0.3, 0.4) is 0 Å². The number of carbonyl (C=O) groups excluding carboxylic acids is 1. The van der Waals surface area contributed by atoms with E-state index in [9.17, 15) is 22.2 Å². The van der Waals surface area contributed by atoms with E-state index in [4.69, 9.17) is 0 Å². The van der Waals surface area contributed by atoms with E-state index in [-0.39, 0.29) is 5.75 Å². The Labute approximate surface area is 152 Å². The van der Waals surface area contributed by atoms with Crippen LogP contribution in [0.4, 0.5) is 23.7 Å². The molecule has 0 aliphatic carbocycles. The summed E-state index contributed by atoms with van der Waals surface area (Å²) in [7, 11) is -0.0660. The summed E-state index contributed by atoms with van der Waals surface area (Å²) in [5, 5.41) is 2.42. The van der Waals surface area contributed by atoms with Gasteiger partial charge in [0.05, 0.1) is 0 Å². The lowest BCUT2D eigenvalue weighted by Gasteiger charge is -2.19. The third-order valence-corrected chi connectivity index (χ3v) is 4.75. The van der Waals surface area contributed by atoms with Crippen LogP contribution in [0.25, 0.3) is 0 Å². The van der Waals surface area contributed by atoms with Crippen molar-refractivity contribution in [3.05, 3.63) is 65.7 Å². The van der Waals surface area contributed by atoms with Gasteiger partial charge in [0.15, 0.2) is 0 Å². The highest BCUT2D eigenvalue weighted by Gasteiger charge is 2.31. The average Bonchev–Trinajstić information content (AvgIpc) is 2.54. The van der Waals surface area contributed by atoms with Crippen molar-refractivity contribution in [3.63, 3.8) is 0 Å². The SMILES string of the molecule is CN(CC(F)(F)F)C(=O)Nc1cccc(C[S@](=O)Cc2ccccc2)c1. The zero-order valence-electron chi connectivity index (χ0n) is 14.1. The van der Waals surface area contributed by atoms with Crippen LogP contribution in [-0.4, -0.2) is 34.9 Å². The Hall–Kier alpha value is -2.35. The molecule has 2 amide bonds. The van der Waals surface area contributed by atoms with Crippen molar-refractivity contribution in [1.29, 1.82) is 0 Å². The van der Waals surface area contributed by atoms with Gasteiger partial charge in [0, 0.05) is 35.0 Å². The monoisotopic (exact) mass is 384 g/mol. The molecule has 0 radical (unpaired) electrons. The molecule has 0 saturated heterocycles. The molecule has 4 nitrogen and oxygen atoms in total. The Kier molecular flexibility index (Phi) is 6.79. The first-order valence-corrected chi connectivity index (χ1v) is 9.28. The molecule has 0 heterocycles. The van der Waals surface area contributed by atoms with Gasteiger partial charge < -0.3 is 10.2 Å². The summed E-state index contributed by atoms with van der Waals surface area (Å²) >= 11 is 0. The minimum atomic E-state index is -4.46. The lowest BCUT2D eigenvalue weighted by molar-refractivity contribution is -0.137. The van der Waals surface area contributed by atoms with Gasteiger partial charge in [-0.05, 0) is 23.3 Å². The summed E-state index contributed by atoms with van der Waals surface area (Å²) < 4.78 is 49.3. The first kappa shape index (κ1) is 20.0. The molecule has 0 unspecified atom stereocenters. The van der Waals surface area contributed by atoms with E-state index < -0.39 is 29.6 Å². The summed E-state index contributed by atoms with van der Waals surface area (Å²) in [6.07, 6.45) is -4.46. The number of amides is 2. The molecule has 0 aromatic heterocycles. The van der Waals surface area contributed by atoms with Crippen molar-refractivity contribution in [2.45, 2.75) is 17.7 Å². The van der Waals surface area contributed by atoms with Crippen LogP contribution < -0.4 is 5.32 Å². The molecule has 0 fully saturated rings. The number of hydrogen-bond acceptors (Lipinski definition) is 2. The van der Waals surface area contributed by atoms with Crippen molar-refractivity contribution in [1.82, 2.24) is 4.90 Å². The molecule has 0 spiro atoms. The highest BCUT2D eigenvalue weighted by Crippen LogP contribution is 2.18. The second kappa shape index (κ2) is 8.84. The number of halogens is 3. The van der Waals surface area contributed by atoms with Crippen LogP contribution in [0.2, 0.25) is 0 Å². The van der Waals surface area contributed by atoms with Crippen molar-refractivity contribution in [2.24, 2.45) is 0 Å². The minimum absolute atomic E-state index is 0.289. The number of rotatable bonds is 6. The number of nitrogens with one attached hydrogen (secondary N) is 1. The Morgan fingerprint density at radius 3 is 2.31 bits per heavy atom. The molecule has 1 N–H and O–H groups in total. The molecule has 0 bridgehead atoms. The number of alkyl halides is 3. The highest BCUT2D eigenvalue weighted by atomic mass is 32.2. The van der Waals surface area contributed by atoms with Crippen LogP contribution in [0.5, 0.6) is 0 Å². The van der Waals surface area contributed by atoms with E-state index >= 15 is 0 Å². The van der Waals surface area contributed by atoms with Crippen LogP contribution in [0.1, 0.15) is 11.1 Å². The maximum Gasteiger partial charge on any atom is 0.406 e. The summed E-state index contributed by atoms with van der Waals surface area (Å²) in [5.74, 6) is 0.697. The zero-order chi connectivity index (χ0) is 19.2. The number of hydrogen-bond donors (Lipinski definition) is 1. The molecular weight excluding hydrogens is 365 g/mol. The Morgan fingerprint density at radius 2 is 1.65 bits per heavy atom. The van der Waals surface area contributed by atoms with Crippen molar-refractivity contribution < 1.29 is 22.2 Å². The summed E-state index contributed by atoms with van der Waals surface area (Å²) in [4.78, 5) is 12.4. The quantitative estimate of drug-likeness (QED) is 0.813. The van der Waals surface area contributed by atoms with Crippen molar-refractivity contribution in [2.75, 3.05) is 18.9 Å². The number of anilines is 1. The van der Waals surface area contributed by atoms with Gasteiger partial charge in [0.25, 0.3) is 0 Å². The first-order chi connectivity index (χ1) is 12.2. The van der Waals surface area contributed by atoms with Gasteiger partial charge in [-0.25, -0.2) is 4.79 Å². The van der Waals surface area contributed by atoms with E-state index in [1.807, 2.05) is 30.3 Å². The molecule has 0 saturated carbocycles. The molecule has 8 heteroatoms. The molecule has 0 aliphatic heterocycles. The Balaban J connectivity index is 1.95. The summed E-state index contributed by atoms with van der Waals surface area (Å²) in [6, 6.07) is 15.2. The van der Waals surface area contributed by atoms with E-state index in [0.717, 1.165) is 18.2 Å². The molecule has 2 aromatic rings. The zero-order valence-corrected chi connectivity index (χ0v) is 14.9. The lowest BCUT2D eigenvalue weighted by atomic mass is 10.2. The van der Waals surface area contributed by atoms with E-state index in [1.165, 1.54) is 0 Å². The third-order valence-electron chi connectivity index (χ3n) is 3.44. The van der Waals surface area contributed by atoms with Gasteiger partial charge in [-0.15, -0.1) is 0 Å². The lowest BCUT2D eigenvalue weighted by Crippen LogP contribution is -2.38. The molecule has 1 atom stereocenters. The molecule has 0 aliphatic rings. The van der Waals surface area contributed by atoms with Gasteiger partial charge in [-0.3, -0.25) is 4.21 Å². The topological polar surface area (TPSA) is 49.4 Å². The first-order valence-electron chi connectivity index (χ1n) is 7.79. The average molecular weight is 384 g/mol. The van der Waals surface area contributed by atoms with Gasteiger partial charge in [0.2, 0.25) is 0 Å². The van der Waals surface area contributed by atoms with Crippen LogP contribution in [0, 0.1) is 0 Å². The fraction of sp³-hybridized carbons (Fsp3) is 0.278. The molecule has 26 heavy (non-hydrogen) atoms. The van der Waals surface area contributed by atoms with E-state index in [2.05, 4.69) is 5.32 Å². The number of urea groups is 1. The van der Waals surface area contributed by atoms with Crippen molar-refractivity contribution in [3.8, 4) is 0 Å². The molecular formula is C18H19F3N2O2S. The maximum absolute atomic E-state index is 12.3. The smallest absolute Gasteiger partial charge is 0.318 e. The van der Waals surface area contributed by atoms with E-state index in [1.54, 1.807) is 24.3 Å². The molecule has 2 aromatic carbocycles. The second-order valence-electron chi connectivity index (χ2n) is 5.82. The van der Waals surface area contributed by atoms with E-state index in [0.29, 0.717) is 16.3 Å². The molecule has 2 rings (SSSR count). The fourth-order valence-electron chi connectivity index (χ4n) is 2.30. The largest absolute Gasteiger partial charge is 0.406 e. The highest BCUT2D eigenvalue weighted by molar-refractivity contribution is 7.83. The van der Waals surface area contributed by atoms with Crippen molar-refractivity contribution >= 4 is 22.5 Å². The Morgan fingerprint density at radius 1 is 1.04 bits per heavy atom. The minimum Gasteiger partial charge on any atom is -0.318 e. The summed E-state index contributed by atoms with van der Waals surface area (Å²) in [5.41, 5.74) is 2.05. The Bertz CT molecular complexity index is 767. The van der Waals surface area contributed by atoms with Gasteiger partial charge in [0.1, 0.15) is 6.54 Å². The third kappa shape index (κ3) is 6.87. The van der Waals surface area contributed by atoms with Gasteiger partial charge in [-0.2, -0.15) is 13.2 Å². The second-order valence-corrected chi connectivity index (χ2v) is 7.27. The summed E-state index contributed by atoms with van der Waals surface area (Å²) in [6.45, 7) is -1.33. The molecule has 140 valence electrons. The van der Waals surface area contributed by atoms with Crippen LogP contribution in [0.15, 0.2) is 54.6 Å². The predicted molar refractivity (Wildman–Crippen MR) is 96.1 cm³/mol. The van der Waals surface area contributed by atoms with Crippen LogP contribution in [-0.2, 0) is 22.3 Å².